The zero-order valence-electron chi connectivity index (χ0n) is 10.0. The van der Waals surface area contributed by atoms with Crippen molar-refractivity contribution in [1.82, 2.24) is 15.1 Å². The van der Waals surface area contributed by atoms with E-state index in [4.69, 9.17) is 0 Å². The molecule has 0 bridgehead atoms. The standard InChI is InChI=1S/C10H19N3O2.ClH/c1-8(14)12(3)7-10(15)13-5-4-9(6-13)11-2;/h9,11H,4-7H2,1-3H3;1H. The summed E-state index contributed by atoms with van der Waals surface area (Å²) < 4.78 is 0. The number of hydrogen-bond acceptors (Lipinski definition) is 3. The predicted octanol–water partition coefficient (Wildman–Crippen LogP) is -0.293. The molecule has 0 radical (unpaired) electrons. The first kappa shape index (κ1) is 15.2. The molecular weight excluding hydrogens is 230 g/mol. The number of nitrogens with one attached hydrogen (secondary N) is 1. The Hall–Kier alpha value is -0.810. The van der Waals surface area contributed by atoms with Gasteiger partial charge >= 0.3 is 0 Å². The van der Waals surface area contributed by atoms with E-state index in [1.165, 1.54) is 11.8 Å². The van der Waals surface area contributed by atoms with Gasteiger partial charge in [0.15, 0.2) is 0 Å². The number of hydrogen-bond donors (Lipinski definition) is 1. The molecule has 0 spiro atoms. The van der Waals surface area contributed by atoms with Crippen LogP contribution < -0.4 is 5.32 Å². The molecule has 1 aliphatic rings. The summed E-state index contributed by atoms with van der Waals surface area (Å²) in [4.78, 5) is 25.9. The van der Waals surface area contributed by atoms with Gasteiger partial charge in [0, 0.05) is 33.1 Å². The van der Waals surface area contributed by atoms with Gasteiger partial charge in [0.1, 0.15) is 0 Å². The summed E-state index contributed by atoms with van der Waals surface area (Å²) in [6.45, 7) is 3.19. The van der Waals surface area contributed by atoms with Gasteiger partial charge in [-0.1, -0.05) is 0 Å². The summed E-state index contributed by atoms with van der Waals surface area (Å²) in [5, 5.41) is 3.15. The van der Waals surface area contributed by atoms with Crippen molar-refractivity contribution >= 4 is 24.2 Å². The zero-order valence-corrected chi connectivity index (χ0v) is 10.8. The van der Waals surface area contributed by atoms with Crippen LogP contribution in [0.4, 0.5) is 0 Å². The van der Waals surface area contributed by atoms with Crippen molar-refractivity contribution in [3.05, 3.63) is 0 Å². The molecule has 0 aromatic carbocycles. The second-order valence-electron chi connectivity index (χ2n) is 3.99. The lowest BCUT2D eigenvalue weighted by molar-refractivity contribution is -0.137. The summed E-state index contributed by atoms with van der Waals surface area (Å²) in [5.41, 5.74) is 0. The molecule has 1 fully saturated rings. The maximum Gasteiger partial charge on any atom is 0.242 e. The van der Waals surface area contributed by atoms with Gasteiger partial charge in [-0.05, 0) is 13.5 Å². The van der Waals surface area contributed by atoms with E-state index in [1.807, 2.05) is 7.05 Å². The van der Waals surface area contributed by atoms with Crippen LogP contribution in [0.3, 0.4) is 0 Å². The first-order valence-electron chi connectivity index (χ1n) is 5.21. The number of rotatable bonds is 3. The molecule has 2 amide bonds. The Morgan fingerprint density at radius 3 is 2.56 bits per heavy atom. The van der Waals surface area contributed by atoms with Crippen LogP contribution in [0.2, 0.25) is 0 Å². The molecule has 1 unspecified atom stereocenters. The third-order valence-electron chi connectivity index (χ3n) is 2.86. The highest BCUT2D eigenvalue weighted by molar-refractivity contribution is 5.85. The fourth-order valence-corrected chi connectivity index (χ4v) is 1.64. The molecule has 1 heterocycles. The van der Waals surface area contributed by atoms with Crippen LogP contribution in [0.15, 0.2) is 0 Å². The molecule has 1 rings (SSSR count). The Morgan fingerprint density at radius 1 is 1.50 bits per heavy atom. The van der Waals surface area contributed by atoms with Crippen molar-refractivity contribution in [1.29, 1.82) is 0 Å². The first-order valence-corrected chi connectivity index (χ1v) is 5.21. The van der Waals surface area contributed by atoms with Crippen molar-refractivity contribution < 1.29 is 9.59 Å². The van der Waals surface area contributed by atoms with E-state index in [2.05, 4.69) is 5.32 Å². The summed E-state index contributed by atoms with van der Waals surface area (Å²) in [6, 6.07) is 0.400. The highest BCUT2D eigenvalue weighted by Gasteiger charge is 2.25. The van der Waals surface area contributed by atoms with E-state index in [1.54, 1.807) is 11.9 Å². The van der Waals surface area contributed by atoms with Crippen LogP contribution in [0.1, 0.15) is 13.3 Å². The summed E-state index contributed by atoms with van der Waals surface area (Å²) in [6.07, 6.45) is 0.992. The topological polar surface area (TPSA) is 52.7 Å². The third-order valence-corrected chi connectivity index (χ3v) is 2.86. The van der Waals surface area contributed by atoms with Crippen LogP contribution >= 0.6 is 12.4 Å². The molecule has 0 aliphatic carbocycles. The van der Waals surface area contributed by atoms with Gasteiger partial charge in [0.25, 0.3) is 0 Å². The predicted molar refractivity (Wildman–Crippen MR) is 64.6 cm³/mol. The van der Waals surface area contributed by atoms with Crippen LogP contribution in [0.25, 0.3) is 0 Å². The SMILES string of the molecule is CNC1CCN(C(=O)CN(C)C(C)=O)C1.Cl. The average molecular weight is 250 g/mol. The monoisotopic (exact) mass is 249 g/mol. The van der Waals surface area contributed by atoms with Crippen molar-refractivity contribution in [2.24, 2.45) is 0 Å². The Balaban J connectivity index is 0.00000225. The molecule has 16 heavy (non-hydrogen) atoms. The molecule has 1 N–H and O–H groups in total. The maximum atomic E-state index is 11.7. The molecular formula is C10H20ClN3O2. The van der Waals surface area contributed by atoms with Crippen molar-refractivity contribution in [2.75, 3.05) is 33.7 Å². The molecule has 6 heteroatoms. The van der Waals surface area contributed by atoms with E-state index in [0.29, 0.717) is 6.04 Å². The minimum atomic E-state index is -0.0762. The molecule has 94 valence electrons. The van der Waals surface area contributed by atoms with Crippen LogP contribution in [0, 0.1) is 0 Å². The van der Waals surface area contributed by atoms with E-state index < -0.39 is 0 Å². The van der Waals surface area contributed by atoms with E-state index >= 15 is 0 Å². The Bertz CT molecular complexity index is 260. The second kappa shape index (κ2) is 6.70. The molecule has 5 nitrogen and oxygen atoms in total. The van der Waals surface area contributed by atoms with Gasteiger partial charge in [-0.25, -0.2) is 0 Å². The van der Waals surface area contributed by atoms with Gasteiger partial charge in [-0.3, -0.25) is 9.59 Å². The highest BCUT2D eigenvalue weighted by atomic mass is 35.5. The summed E-state index contributed by atoms with van der Waals surface area (Å²) in [7, 11) is 3.55. The van der Waals surface area contributed by atoms with Crippen LogP contribution in [0.5, 0.6) is 0 Å². The normalized spacial score (nSPS) is 19.2. The molecule has 1 atom stereocenters. The van der Waals surface area contributed by atoms with Gasteiger partial charge in [0.2, 0.25) is 11.8 Å². The highest BCUT2D eigenvalue weighted by Crippen LogP contribution is 2.08. The fraction of sp³-hybridized carbons (Fsp3) is 0.800. The van der Waals surface area contributed by atoms with Crippen molar-refractivity contribution in [3.63, 3.8) is 0 Å². The summed E-state index contributed by atoms with van der Waals surface area (Å²) in [5.74, 6) is -0.0434. The Kier molecular flexibility index (Phi) is 6.36. The number of carbonyl (C=O) groups is 2. The molecule has 0 aromatic heterocycles. The van der Waals surface area contributed by atoms with Crippen molar-refractivity contribution in [3.8, 4) is 0 Å². The smallest absolute Gasteiger partial charge is 0.242 e. The first-order chi connectivity index (χ1) is 7.04. The maximum absolute atomic E-state index is 11.7. The number of amides is 2. The molecule has 0 aromatic rings. The number of likely N-dealkylation sites (tertiary alicyclic amines) is 1. The van der Waals surface area contributed by atoms with Crippen LogP contribution in [-0.2, 0) is 9.59 Å². The van der Waals surface area contributed by atoms with Gasteiger partial charge in [-0.2, -0.15) is 0 Å². The molecule has 1 saturated heterocycles. The van der Waals surface area contributed by atoms with Gasteiger partial charge in [0.05, 0.1) is 6.54 Å². The van der Waals surface area contributed by atoms with Gasteiger partial charge in [-0.15, -0.1) is 12.4 Å². The minimum Gasteiger partial charge on any atom is -0.340 e. The molecule has 1 aliphatic heterocycles. The zero-order chi connectivity index (χ0) is 11.4. The average Bonchev–Trinajstić information content (AvgIpc) is 2.65. The minimum absolute atomic E-state index is 0. The largest absolute Gasteiger partial charge is 0.340 e. The number of likely N-dealkylation sites (N-methyl/N-ethyl adjacent to an activating group) is 2. The van der Waals surface area contributed by atoms with Crippen LogP contribution in [-0.4, -0.2) is 61.4 Å². The Labute approximate surface area is 103 Å². The number of halogens is 1. The lowest BCUT2D eigenvalue weighted by atomic mass is 10.3. The number of carbonyl (C=O) groups excluding carboxylic acids is 2. The Morgan fingerprint density at radius 2 is 2.12 bits per heavy atom. The van der Waals surface area contributed by atoms with E-state index in [0.717, 1.165) is 19.5 Å². The van der Waals surface area contributed by atoms with Gasteiger partial charge < -0.3 is 15.1 Å². The quantitative estimate of drug-likeness (QED) is 0.748. The number of nitrogens with zero attached hydrogens (tertiary/aromatic N) is 2. The molecule has 0 saturated carbocycles. The summed E-state index contributed by atoms with van der Waals surface area (Å²) >= 11 is 0. The van der Waals surface area contributed by atoms with E-state index in [-0.39, 0.29) is 30.8 Å². The third kappa shape index (κ3) is 3.98. The van der Waals surface area contributed by atoms with E-state index in [9.17, 15) is 9.59 Å². The fourth-order valence-electron chi connectivity index (χ4n) is 1.64. The lowest BCUT2D eigenvalue weighted by Gasteiger charge is -2.20. The lowest BCUT2D eigenvalue weighted by Crippen LogP contribution is -2.40. The van der Waals surface area contributed by atoms with Crippen molar-refractivity contribution in [2.45, 2.75) is 19.4 Å². The second-order valence-corrected chi connectivity index (χ2v) is 3.99.